The lowest BCUT2D eigenvalue weighted by Gasteiger charge is -2.26. The van der Waals surface area contributed by atoms with Gasteiger partial charge in [-0.15, -0.1) is 10.2 Å². The van der Waals surface area contributed by atoms with Gasteiger partial charge in [-0.2, -0.15) is 0 Å². The smallest absolute Gasteiger partial charge is 0.234 e. The van der Waals surface area contributed by atoms with Crippen LogP contribution in [0, 0.1) is 0 Å². The number of nitrogens with one attached hydrogen (secondary N) is 1. The van der Waals surface area contributed by atoms with Crippen LogP contribution in [0.15, 0.2) is 29.4 Å². The zero-order chi connectivity index (χ0) is 19.2. The quantitative estimate of drug-likeness (QED) is 0.750. The molecule has 1 aromatic carbocycles. The van der Waals surface area contributed by atoms with Crippen LogP contribution in [0.25, 0.3) is 0 Å². The van der Waals surface area contributed by atoms with Crippen molar-refractivity contribution in [1.29, 1.82) is 0 Å². The number of rotatable bonds is 6. The van der Waals surface area contributed by atoms with Gasteiger partial charge in [-0.3, -0.25) is 9.69 Å². The summed E-state index contributed by atoms with van der Waals surface area (Å²) in [6.45, 7) is 5.44. The van der Waals surface area contributed by atoms with Crippen molar-refractivity contribution < 1.29 is 9.53 Å². The van der Waals surface area contributed by atoms with Crippen LogP contribution >= 0.6 is 11.8 Å². The molecule has 0 bridgehead atoms. The van der Waals surface area contributed by atoms with Gasteiger partial charge >= 0.3 is 0 Å². The Morgan fingerprint density at radius 3 is 2.71 bits per heavy atom. The first-order valence-electron chi connectivity index (χ1n) is 10.0. The average molecular weight is 402 g/mol. The van der Waals surface area contributed by atoms with Crippen LogP contribution in [-0.2, 0) is 29.0 Å². The molecule has 8 heteroatoms. The van der Waals surface area contributed by atoms with Crippen LogP contribution < -0.4 is 5.32 Å². The normalized spacial score (nSPS) is 17.7. The number of hydrogen-bond acceptors (Lipinski definition) is 6. The Balaban J connectivity index is 1.26. The number of nitrogens with zero attached hydrogens (tertiary/aromatic N) is 4. The zero-order valence-corrected chi connectivity index (χ0v) is 16.9. The predicted octanol–water partition coefficient (Wildman–Crippen LogP) is 2.57. The highest BCUT2D eigenvalue weighted by Crippen LogP contribution is 2.22. The van der Waals surface area contributed by atoms with Crippen molar-refractivity contribution in [3.05, 3.63) is 35.7 Å². The molecule has 2 aliphatic heterocycles. The minimum Gasteiger partial charge on any atom is -0.379 e. The van der Waals surface area contributed by atoms with Crippen LogP contribution in [0.5, 0.6) is 0 Å². The summed E-state index contributed by atoms with van der Waals surface area (Å²) in [6, 6.07) is 8.11. The third-order valence-corrected chi connectivity index (χ3v) is 6.12. The maximum Gasteiger partial charge on any atom is 0.234 e. The van der Waals surface area contributed by atoms with Gasteiger partial charge in [-0.05, 0) is 30.5 Å². The number of fused-ring (bicyclic) bond motifs is 1. The van der Waals surface area contributed by atoms with Crippen LogP contribution in [0.2, 0.25) is 0 Å². The molecule has 7 nitrogen and oxygen atoms in total. The van der Waals surface area contributed by atoms with E-state index in [0.29, 0.717) is 5.75 Å². The molecular weight excluding hydrogens is 374 g/mol. The van der Waals surface area contributed by atoms with Gasteiger partial charge in [0.05, 0.1) is 19.0 Å². The molecule has 150 valence electrons. The number of ether oxygens (including phenoxy) is 1. The Hall–Kier alpha value is -1.90. The molecule has 4 rings (SSSR count). The van der Waals surface area contributed by atoms with E-state index in [-0.39, 0.29) is 5.91 Å². The molecule has 0 atom stereocenters. The minimum atomic E-state index is -0.0168. The van der Waals surface area contributed by atoms with E-state index in [1.54, 1.807) is 0 Å². The van der Waals surface area contributed by atoms with Crippen LogP contribution in [0.3, 0.4) is 0 Å². The fraction of sp³-hybridized carbons (Fsp3) is 0.550. The summed E-state index contributed by atoms with van der Waals surface area (Å²) in [5.41, 5.74) is 2.08. The Labute approximate surface area is 169 Å². The molecule has 1 saturated heterocycles. The largest absolute Gasteiger partial charge is 0.379 e. The summed E-state index contributed by atoms with van der Waals surface area (Å²) in [5.74, 6) is 1.38. The molecule has 2 aliphatic rings. The maximum atomic E-state index is 12.3. The first-order valence-corrected chi connectivity index (χ1v) is 11.0. The van der Waals surface area contributed by atoms with E-state index in [9.17, 15) is 4.79 Å². The standard InChI is InChI=1S/C20H27N5O2S/c26-19(15-28-20-23-22-18-4-2-1-3-9-25(18)20)21-17-7-5-16(6-8-17)14-24-10-12-27-13-11-24/h5-8H,1-4,9-15H2,(H,21,26). The lowest BCUT2D eigenvalue weighted by atomic mass is 10.2. The topological polar surface area (TPSA) is 72.3 Å². The number of thioether (sulfide) groups is 1. The van der Waals surface area contributed by atoms with Gasteiger partial charge in [0.2, 0.25) is 5.91 Å². The van der Waals surface area contributed by atoms with Gasteiger partial charge in [0.1, 0.15) is 5.82 Å². The van der Waals surface area contributed by atoms with Crippen molar-refractivity contribution in [3.8, 4) is 0 Å². The molecule has 0 unspecified atom stereocenters. The maximum absolute atomic E-state index is 12.3. The molecular formula is C20H27N5O2S. The summed E-state index contributed by atoms with van der Waals surface area (Å²) in [7, 11) is 0. The number of aryl methyl sites for hydroxylation is 1. The zero-order valence-electron chi connectivity index (χ0n) is 16.1. The van der Waals surface area contributed by atoms with E-state index in [2.05, 4.69) is 37.1 Å². The van der Waals surface area contributed by atoms with Gasteiger partial charge in [-0.25, -0.2) is 0 Å². The Bertz CT molecular complexity index is 786. The molecule has 0 saturated carbocycles. The lowest BCUT2D eigenvalue weighted by Crippen LogP contribution is -2.35. The average Bonchev–Trinajstić information content (AvgIpc) is 2.95. The molecule has 0 radical (unpaired) electrons. The molecule has 1 aromatic heterocycles. The van der Waals surface area contributed by atoms with E-state index < -0.39 is 0 Å². The fourth-order valence-electron chi connectivity index (χ4n) is 3.60. The lowest BCUT2D eigenvalue weighted by molar-refractivity contribution is -0.113. The molecule has 1 fully saturated rings. The van der Waals surface area contributed by atoms with Crippen LogP contribution in [0.1, 0.15) is 30.7 Å². The van der Waals surface area contributed by atoms with E-state index in [4.69, 9.17) is 4.74 Å². The van der Waals surface area contributed by atoms with E-state index in [1.807, 2.05) is 12.1 Å². The first-order chi connectivity index (χ1) is 13.8. The fourth-order valence-corrected chi connectivity index (χ4v) is 4.39. The number of morpholine rings is 1. The summed E-state index contributed by atoms with van der Waals surface area (Å²) < 4.78 is 7.56. The van der Waals surface area contributed by atoms with Crippen molar-refractivity contribution in [1.82, 2.24) is 19.7 Å². The highest BCUT2D eigenvalue weighted by atomic mass is 32.2. The van der Waals surface area contributed by atoms with E-state index in [0.717, 1.165) is 68.9 Å². The number of benzene rings is 1. The highest BCUT2D eigenvalue weighted by molar-refractivity contribution is 7.99. The summed E-state index contributed by atoms with van der Waals surface area (Å²) in [5, 5.41) is 12.4. The van der Waals surface area contributed by atoms with Crippen molar-refractivity contribution in [3.63, 3.8) is 0 Å². The van der Waals surface area contributed by atoms with Crippen LogP contribution in [-0.4, -0.2) is 57.6 Å². The van der Waals surface area contributed by atoms with Crippen molar-refractivity contribution in [2.75, 3.05) is 37.4 Å². The first kappa shape index (κ1) is 19.4. The number of hydrogen-bond donors (Lipinski definition) is 1. The second-order valence-electron chi connectivity index (χ2n) is 7.28. The molecule has 1 N–H and O–H groups in total. The number of anilines is 1. The summed E-state index contributed by atoms with van der Waals surface area (Å²) in [6.07, 6.45) is 4.54. The third-order valence-electron chi connectivity index (χ3n) is 5.16. The SMILES string of the molecule is O=C(CSc1nnc2n1CCCCC2)Nc1ccc(CN2CCOCC2)cc1. The second-order valence-corrected chi connectivity index (χ2v) is 8.23. The van der Waals surface area contributed by atoms with Crippen LogP contribution in [0.4, 0.5) is 5.69 Å². The molecule has 3 heterocycles. The molecule has 1 amide bonds. The Morgan fingerprint density at radius 1 is 1.07 bits per heavy atom. The van der Waals surface area contributed by atoms with Crippen molar-refractivity contribution >= 4 is 23.4 Å². The van der Waals surface area contributed by atoms with Crippen molar-refractivity contribution in [2.45, 2.75) is 43.9 Å². The number of aromatic nitrogens is 3. The number of carbonyl (C=O) groups is 1. The monoisotopic (exact) mass is 401 g/mol. The van der Waals surface area contributed by atoms with E-state index >= 15 is 0 Å². The second kappa shape index (κ2) is 9.54. The highest BCUT2D eigenvalue weighted by Gasteiger charge is 2.16. The van der Waals surface area contributed by atoms with Gasteiger partial charge in [0, 0.05) is 38.3 Å². The molecule has 0 spiro atoms. The van der Waals surface area contributed by atoms with Gasteiger partial charge in [0.25, 0.3) is 0 Å². The summed E-state index contributed by atoms with van der Waals surface area (Å²) >= 11 is 1.46. The number of amides is 1. The Kier molecular flexibility index (Phi) is 6.61. The Morgan fingerprint density at radius 2 is 1.89 bits per heavy atom. The minimum absolute atomic E-state index is 0.0168. The van der Waals surface area contributed by atoms with Gasteiger partial charge < -0.3 is 14.6 Å². The van der Waals surface area contributed by atoms with Gasteiger partial charge in [-0.1, -0.05) is 30.3 Å². The molecule has 28 heavy (non-hydrogen) atoms. The molecule has 2 aromatic rings. The number of carbonyl (C=O) groups excluding carboxylic acids is 1. The predicted molar refractivity (Wildman–Crippen MR) is 109 cm³/mol. The van der Waals surface area contributed by atoms with Crippen molar-refractivity contribution in [2.24, 2.45) is 0 Å². The van der Waals surface area contributed by atoms with E-state index in [1.165, 1.54) is 30.2 Å². The van der Waals surface area contributed by atoms with Gasteiger partial charge in [0.15, 0.2) is 5.16 Å². The summed E-state index contributed by atoms with van der Waals surface area (Å²) in [4.78, 5) is 14.7. The molecule has 0 aliphatic carbocycles. The third kappa shape index (κ3) is 5.12.